The zero-order valence-electron chi connectivity index (χ0n) is 10.3. The van der Waals surface area contributed by atoms with Gasteiger partial charge in [-0.15, -0.1) is 0 Å². The topological polar surface area (TPSA) is 45.7 Å². The van der Waals surface area contributed by atoms with E-state index in [0.717, 1.165) is 0 Å². The van der Waals surface area contributed by atoms with Gasteiger partial charge in [0.1, 0.15) is 11.6 Å². The predicted octanol–water partition coefficient (Wildman–Crippen LogP) is 1.86. The number of halogens is 3. The Kier molecular flexibility index (Phi) is 4.13. The number of hydrogen-bond acceptors (Lipinski definition) is 4. The smallest absolute Gasteiger partial charge is 0.387 e. The van der Waals surface area contributed by atoms with Crippen LogP contribution in [0.4, 0.5) is 13.2 Å². The molecule has 0 spiro atoms. The normalized spacial score (nSPS) is 18.2. The fourth-order valence-electron chi connectivity index (χ4n) is 1.75. The third-order valence-electron chi connectivity index (χ3n) is 2.63. The van der Waals surface area contributed by atoms with Gasteiger partial charge in [0.15, 0.2) is 5.96 Å². The zero-order valence-corrected chi connectivity index (χ0v) is 10.3. The molecule has 4 nitrogen and oxygen atoms in total. The highest BCUT2D eigenvalue weighted by molar-refractivity contribution is 5.81. The molecule has 0 radical (unpaired) electrons. The molecule has 1 aromatic carbocycles. The molecule has 0 amide bonds. The second kappa shape index (κ2) is 5.81. The molecule has 1 atom stereocenters. The van der Waals surface area contributed by atoms with E-state index in [0.29, 0.717) is 12.5 Å². The molecule has 0 aliphatic carbocycles. The van der Waals surface area contributed by atoms with Crippen LogP contribution < -0.4 is 15.4 Å². The lowest BCUT2D eigenvalue weighted by Crippen LogP contribution is -2.37. The lowest BCUT2D eigenvalue weighted by atomic mass is 10.2. The first-order valence-corrected chi connectivity index (χ1v) is 5.83. The molecule has 0 saturated carbocycles. The van der Waals surface area contributed by atoms with E-state index in [-0.39, 0.29) is 23.9 Å². The number of ether oxygens (including phenoxy) is 1. The fourth-order valence-corrected chi connectivity index (χ4v) is 1.75. The number of nitrogens with one attached hydrogen (secondary N) is 2. The first-order valence-electron chi connectivity index (χ1n) is 5.83. The fraction of sp³-hybridized carbons (Fsp3) is 0.417. The molecule has 0 fully saturated rings. The van der Waals surface area contributed by atoms with Crippen LogP contribution in [0.5, 0.6) is 5.75 Å². The van der Waals surface area contributed by atoms with Crippen molar-refractivity contribution in [3.05, 3.63) is 29.6 Å². The largest absolute Gasteiger partial charge is 0.434 e. The number of alkyl halides is 2. The summed E-state index contributed by atoms with van der Waals surface area (Å²) >= 11 is 0. The van der Waals surface area contributed by atoms with Gasteiger partial charge in [0.25, 0.3) is 0 Å². The number of hydrogen-bond donors (Lipinski definition) is 2. The SMILES string of the molecule is CC1CN=C(NCc2c(F)cccc2OC(F)F)N1. The standard InChI is InChI=1S/C12H14F3N3O/c1-7-5-16-12(18-7)17-6-8-9(13)3-2-4-10(8)19-11(14)15/h2-4,7,11H,5-6H2,1H3,(H2,16,17,18). The van der Waals surface area contributed by atoms with Crippen molar-refractivity contribution in [2.45, 2.75) is 26.1 Å². The van der Waals surface area contributed by atoms with Crippen molar-refractivity contribution in [1.82, 2.24) is 10.6 Å². The van der Waals surface area contributed by atoms with Gasteiger partial charge in [-0.3, -0.25) is 4.99 Å². The number of nitrogens with zero attached hydrogens (tertiary/aromatic N) is 1. The molecule has 0 saturated heterocycles. The minimum absolute atomic E-state index is 0.0211. The van der Waals surface area contributed by atoms with Gasteiger partial charge in [-0.05, 0) is 19.1 Å². The van der Waals surface area contributed by atoms with Gasteiger partial charge in [0.05, 0.1) is 6.54 Å². The van der Waals surface area contributed by atoms with Crippen molar-refractivity contribution < 1.29 is 17.9 Å². The van der Waals surface area contributed by atoms with E-state index in [1.54, 1.807) is 0 Å². The average Bonchev–Trinajstić information content (AvgIpc) is 2.73. The predicted molar refractivity (Wildman–Crippen MR) is 64.8 cm³/mol. The Morgan fingerprint density at radius 2 is 2.32 bits per heavy atom. The van der Waals surface area contributed by atoms with Gasteiger partial charge >= 0.3 is 6.61 Å². The maximum atomic E-state index is 13.6. The van der Waals surface area contributed by atoms with Crippen molar-refractivity contribution >= 4 is 5.96 Å². The minimum Gasteiger partial charge on any atom is -0.434 e. The molecule has 1 aromatic rings. The third kappa shape index (κ3) is 3.52. The van der Waals surface area contributed by atoms with Crippen molar-refractivity contribution in [3.8, 4) is 5.75 Å². The zero-order chi connectivity index (χ0) is 13.8. The van der Waals surface area contributed by atoms with Crippen LogP contribution in [0.2, 0.25) is 0 Å². The summed E-state index contributed by atoms with van der Waals surface area (Å²) in [6, 6.07) is 4.03. The second-order valence-corrected chi connectivity index (χ2v) is 4.18. The Morgan fingerprint density at radius 1 is 1.53 bits per heavy atom. The number of benzene rings is 1. The lowest BCUT2D eigenvalue weighted by molar-refractivity contribution is -0.0506. The molecule has 19 heavy (non-hydrogen) atoms. The van der Waals surface area contributed by atoms with Crippen LogP contribution >= 0.6 is 0 Å². The number of guanidine groups is 1. The Labute approximate surface area is 108 Å². The van der Waals surface area contributed by atoms with E-state index in [1.807, 2.05) is 6.92 Å². The molecule has 1 unspecified atom stereocenters. The highest BCUT2D eigenvalue weighted by Gasteiger charge is 2.16. The monoisotopic (exact) mass is 273 g/mol. The summed E-state index contributed by atoms with van der Waals surface area (Å²) in [6.45, 7) is -0.387. The van der Waals surface area contributed by atoms with Crippen LogP contribution in [-0.2, 0) is 6.54 Å². The Bertz CT molecular complexity index is 479. The van der Waals surface area contributed by atoms with Crippen molar-refractivity contribution in [1.29, 1.82) is 0 Å². The summed E-state index contributed by atoms with van der Waals surface area (Å²) in [5, 5.41) is 5.89. The average molecular weight is 273 g/mol. The molecule has 1 aliphatic rings. The molecular formula is C12H14F3N3O. The van der Waals surface area contributed by atoms with Crippen molar-refractivity contribution in [2.24, 2.45) is 4.99 Å². The summed E-state index contributed by atoms with van der Waals surface area (Å²) in [5.41, 5.74) is 0.0480. The Hall–Kier alpha value is -1.92. The maximum absolute atomic E-state index is 13.6. The molecule has 104 valence electrons. The Morgan fingerprint density at radius 3 is 2.95 bits per heavy atom. The van der Waals surface area contributed by atoms with E-state index < -0.39 is 12.4 Å². The highest BCUT2D eigenvalue weighted by atomic mass is 19.3. The van der Waals surface area contributed by atoms with Gasteiger partial charge in [0, 0.05) is 18.2 Å². The maximum Gasteiger partial charge on any atom is 0.387 e. The molecule has 2 N–H and O–H groups in total. The lowest BCUT2D eigenvalue weighted by Gasteiger charge is -2.13. The number of aliphatic imine (C=N–C) groups is 1. The summed E-state index contributed by atoms with van der Waals surface area (Å²) in [5.74, 6) is -0.245. The molecule has 1 aliphatic heterocycles. The van der Waals surface area contributed by atoms with Gasteiger partial charge < -0.3 is 15.4 Å². The van der Waals surface area contributed by atoms with E-state index >= 15 is 0 Å². The minimum atomic E-state index is -2.98. The Balaban J connectivity index is 2.06. The van der Waals surface area contributed by atoms with Crippen LogP contribution in [-0.4, -0.2) is 25.2 Å². The first-order chi connectivity index (χ1) is 9.06. The van der Waals surface area contributed by atoms with Crippen molar-refractivity contribution in [2.75, 3.05) is 6.54 Å². The summed E-state index contributed by atoms with van der Waals surface area (Å²) < 4.78 is 42.4. The van der Waals surface area contributed by atoms with Crippen LogP contribution in [0, 0.1) is 5.82 Å². The van der Waals surface area contributed by atoms with E-state index in [1.165, 1.54) is 18.2 Å². The second-order valence-electron chi connectivity index (χ2n) is 4.18. The van der Waals surface area contributed by atoms with Gasteiger partial charge in [-0.25, -0.2) is 4.39 Å². The van der Waals surface area contributed by atoms with Crippen molar-refractivity contribution in [3.63, 3.8) is 0 Å². The summed E-state index contributed by atoms with van der Waals surface area (Å²) in [4.78, 5) is 4.14. The molecule has 0 aromatic heterocycles. The molecule has 7 heteroatoms. The van der Waals surface area contributed by atoms with Crippen LogP contribution in [0.1, 0.15) is 12.5 Å². The highest BCUT2D eigenvalue weighted by Crippen LogP contribution is 2.23. The quantitative estimate of drug-likeness (QED) is 0.880. The third-order valence-corrected chi connectivity index (χ3v) is 2.63. The molecular weight excluding hydrogens is 259 g/mol. The summed E-state index contributed by atoms with van der Waals surface area (Å²) in [7, 11) is 0. The first kappa shape index (κ1) is 13.5. The van der Waals surface area contributed by atoms with Crippen LogP contribution in [0.3, 0.4) is 0 Å². The summed E-state index contributed by atoms with van der Waals surface area (Å²) in [6.07, 6.45) is 0. The van der Waals surface area contributed by atoms with E-state index in [9.17, 15) is 13.2 Å². The van der Waals surface area contributed by atoms with Gasteiger partial charge in [-0.1, -0.05) is 6.07 Å². The molecule has 0 bridgehead atoms. The van der Waals surface area contributed by atoms with Crippen LogP contribution in [0.15, 0.2) is 23.2 Å². The van der Waals surface area contributed by atoms with Crippen LogP contribution in [0.25, 0.3) is 0 Å². The van der Waals surface area contributed by atoms with E-state index in [2.05, 4.69) is 20.4 Å². The van der Waals surface area contributed by atoms with Gasteiger partial charge in [-0.2, -0.15) is 8.78 Å². The van der Waals surface area contributed by atoms with Gasteiger partial charge in [0.2, 0.25) is 0 Å². The molecule has 1 heterocycles. The molecule has 2 rings (SSSR count). The number of rotatable bonds is 4. The van der Waals surface area contributed by atoms with E-state index in [4.69, 9.17) is 0 Å².